The third-order valence-electron chi connectivity index (χ3n) is 2.92. The Morgan fingerprint density at radius 2 is 2.00 bits per heavy atom. The molecule has 0 fully saturated rings. The SMILES string of the molecule is CCCN(C(=O)O)[C@](O)(CC)c1ccccc1Cl. The molecule has 0 unspecified atom stereocenters. The Morgan fingerprint density at radius 1 is 1.39 bits per heavy atom. The summed E-state index contributed by atoms with van der Waals surface area (Å²) in [5.74, 6) is 0. The lowest BCUT2D eigenvalue weighted by atomic mass is 9.98. The Bertz CT molecular complexity index is 424. The van der Waals surface area contributed by atoms with Gasteiger partial charge in [-0.05, 0) is 18.9 Å². The maximum absolute atomic E-state index is 11.3. The number of benzene rings is 1. The van der Waals surface area contributed by atoms with E-state index in [4.69, 9.17) is 11.6 Å². The molecule has 0 saturated carbocycles. The summed E-state index contributed by atoms with van der Waals surface area (Å²) in [4.78, 5) is 12.3. The summed E-state index contributed by atoms with van der Waals surface area (Å²) < 4.78 is 0. The number of hydrogen-bond donors (Lipinski definition) is 2. The highest BCUT2D eigenvalue weighted by Gasteiger charge is 2.38. The smallest absolute Gasteiger partial charge is 0.409 e. The highest BCUT2D eigenvalue weighted by Crippen LogP contribution is 2.34. The van der Waals surface area contributed by atoms with Crippen LogP contribution in [0, 0.1) is 0 Å². The van der Waals surface area contributed by atoms with E-state index < -0.39 is 11.8 Å². The van der Waals surface area contributed by atoms with Gasteiger partial charge in [0.25, 0.3) is 0 Å². The molecule has 0 aliphatic heterocycles. The van der Waals surface area contributed by atoms with E-state index in [-0.39, 0.29) is 13.0 Å². The van der Waals surface area contributed by atoms with Crippen molar-refractivity contribution in [2.45, 2.75) is 32.4 Å². The van der Waals surface area contributed by atoms with E-state index in [9.17, 15) is 15.0 Å². The number of carboxylic acid groups (broad SMARTS) is 1. The molecule has 4 nitrogen and oxygen atoms in total. The minimum atomic E-state index is -1.58. The third-order valence-corrected chi connectivity index (χ3v) is 3.25. The van der Waals surface area contributed by atoms with E-state index in [2.05, 4.69) is 0 Å². The summed E-state index contributed by atoms with van der Waals surface area (Å²) in [6.07, 6.45) is -0.289. The fourth-order valence-electron chi connectivity index (χ4n) is 1.98. The van der Waals surface area contributed by atoms with Crippen molar-refractivity contribution in [1.82, 2.24) is 4.90 Å². The van der Waals surface area contributed by atoms with Crippen molar-refractivity contribution in [3.05, 3.63) is 34.9 Å². The van der Waals surface area contributed by atoms with Gasteiger partial charge >= 0.3 is 6.09 Å². The fraction of sp³-hybridized carbons (Fsp3) is 0.462. The minimum absolute atomic E-state index is 0.239. The second-order valence-electron chi connectivity index (χ2n) is 4.08. The molecule has 1 aromatic rings. The zero-order chi connectivity index (χ0) is 13.8. The van der Waals surface area contributed by atoms with Gasteiger partial charge in [0.15, 0.2) is 5.72 Å². The summed E-state index contributed by atoms with van der Waals surface area (Å²) >= 11 is 6.06. The highest BCUT2D eigenvalue weighted by molar-refractivity contribution is 6.31. The van der Waals surface area contributed by atoms with Gasteiger partial charge in [-0.3, -0.25) is 4.90 Å². The van der Waals surface area contributed by atoms with Crippen LogP contribution in [0.1, 0.15) is 32.3 Å². The van der Waals surface area contributed by atoms with E-state index in [1.165, 1.54) is 0 Å². The van der Waals surface area contributed by atoms with Crippen LogP contribution in [-0.2, 0) is 5.72 Å². The molecule has 1 amide bonds. The molecule has 5 heteroatoms. The molecule has 0 aromatic heterocycles. The van der Waals surface area contributed by atoms with Crippen LogP contribution < -0.4 is 0 Å². The third kappa shape index (κ3) is 2.76. The van der Waals surface area contributed by atoms with Gasteiger partial charge in [0.1, 0.15) is 0 Å². The number of amides is 1. The largest absolute Gasteiger partial charge is 0.465 e. The zero-order valence-electron chi connectivity index (χ0n) is 10.6. The number of rotatable bonds is 5. The minimum Gasteiger partial charge on any atom is -0.465 e. The number of aliphatic hydroxyl groups is 1. The van der Waals surface area contributed by atoms with Crippen LogP contribution in [0.5, 0.6) is 0 Å². The lowest BCUT2D eigenvalue weighted by Gasteiger charge is -2.38. The van der Waals surface area contributed by atoms with Crippen LogP contribution in [0.25, 0.3) is 0 Å². The van der Waals surface area contributed by atoms with Gasteiger partial charge in [-0.25, -0.2) is 4.79 Å². The Hall–Kier alpha value is -1.26. The maximum atomic E-state index is 11.3. The molecule has 0 radical (unpaired) electrons. The maximum Gasteiger partial charge on any atom is 0.409 e. The van der Waals surface area contributed by atoms with Gasteiger partial charge in [0, 0.05) is 17.1 Å². The highest BCUT2D eigenvalue weighted by atomic mass is 35.5. The lowest BCUT2D eigenvalue weighted by molar-refractivity contribution is -0.101. The zero-order valence-corrected chi connectivity index (χ0v) is 11.3. The van der Waals surface area contributed by atoms with Crippen molar-refractivity contribution >= 4 is 17.7 Å². The predicted molar refractivity (Wildman–Crippen MR) is 70.7 cm³/mol. The molecule has 0 bridgehead atoms. The Morgan fingerprint density at radius 3 is 2.44 bits per heavy atom. The molecular weight excluding hydrogens is 254 g/mol. The van der Waals surface area contributed by atoms with Gasteiger partial charge in [0.2, 0.25) is 0 Å². The molecular formula is C13H18ClNO3. The first-order chi connectivity index (χ1) is 8.47. The first-order valence-electron chi connectivity index (χ1n) is 5.95. The van der Waals surface area contributed by atoms with Gasteiger partial charge in [-0.1, -0.05) is 43.6 Å². The second-order valence-corrected chi connectivity index (χ2v) is 4.49. The molecule has 100 valence electrons. The van der Waals surface area contributed by atoms with Crippen LogP contribution >= 0.6 is 11.6 Å². The van der Waals surface area contributed by atoms with Crippen molar-refractivity contribution in [2.24, 2.45) is 0 Å². The Kier molecular flexibility index (Phi) is 4.99. The summed E-state index contributed by atoms with van der Waals surface area (Å²) in [6.45, 7) is 3.85. The normalized spacial score (nSPS) is 14.0. The fourth-order valence-corrected chi connectivity index (χ4v) is 2.26. The lowest BCUT2D eigenvalue weighted by Crippen LogP contribution is -2.49. The summed E-state index contributed by atoms with van der Waals surface area (Å²) in [7, 11) is 0. The van der Waals surface area contributed by atoms with Gasteiger partial charge in [0.05, 0.1) is 0 Å². The average Bonchev–Trinajstić information content (AvgIpc) is 2.35. The molecule has 1 atom stereocenters. The molecule has 0 saturated heterocycles. The first-order valence-corrected chi connectivity index (χ1v) is 6.33. The molecule has 1 aromatic carbocycles. The molecule has 0 aliphatic rings. The molecule has 18 heavy (non-hydrogen) atoms. The van der Waals surface area contributed by atoms with Gasteiger partial charge in [-0.2, -0.15) is 0 Å². The molecule has 2 N–H and O–H groups in total. The van der Waals surface area contributed by atoms with E-state index in [0.29, 0.717) is 17.0 Å². The van der Waals surface area contributed by atoms with E-state index >= 15 is 0 Å². The summed E-state index contributed by atoms with van der Waals surface area (Å²) in [5.41, 5.74) is -1.16. The second kappa shape index (κ2) is 6.07. The van der Waals surface area contributed by atoms with Crippen molar-refractivity contribution in [3.63, 3.8) is 0 Å². The van der Waals surface area contributed by atoms with Crippen LogP contribution in [0.3, 0.4) is 0 Å². The monoisotopic (exact) mass is 271 g/mol. The number of hydrogen-bond acceptors (Lipinski definition) is 2. The van der Waals surface area contributed by atoms with Crippen molar-refractivity contribution in [2.75, 3.05) is 6.54 Å². The average molecular weight is 272 g/mol. The Labute approximate surface area is 112 Å². The van der Waals surface area contributed by atoms with Gasteiger partial charge in [-0.15, -0.1) is 0 Å². The number of carbonyl (C=O) groups is 1. The van der Waals surface area contributed by atoms with Crippen LogP contribution in [0.4, 0.5) is 4.79 Å². The molecule has 0 spiro atoms. The summed E-state index contributed by atoms with van der Waals surface area (Å²) in [6, 6.07) is 6.77. The van der Waals surface area contributed by atoms with Crippen LogP contribution in [-0.4, -0.2) is 27.8 Å². The topological polar surface area (TPSA) is 60.8 Å². The van der Waals surface area contributed by atoms with E-state index in [0.717, 1.165) is 4.90 Å². The summed E-state index contributed by atoms with van der Waals surface area (Å²) in [5, 5.41) is 20.3. The number of halogens is 1. The number of nitrogens with zero attached hydrogens (tertiary/aromatic N) is 1. The first kappa shape index (κ1) is 14.8. The van der Waals surface area contributed by atoms with Crippen molar-refractivity contribution < 1.29 is 15.0 Å². The standard InChI is InChI=1S/C13H18ClNO3/c1-3-9-15(12(16)17)13(18,4-2)10-7-5-6-8-11(10)14/h5-8,18H,3-4,9H2,1-2H3,(H,16,17)/t13-/m0/s1. The van der Waals surface area contributed by atoms with Crippen LogP contribution in [0.2, 0.25) is 5.02 Å². The van der Waals surface area contributed by atoms with Crippen molar-refractivity contribution in [3.8, 4) is 0 Å². The van der Waals surface area contributed by atoms with Crippen LogP contribution in [0.15, 0.2) is 24.3 Å². The quantitative estimate of drug-likeness (QED) is 0.808. The Balaban J connectivity index is 3.26. The predicted octanol–water partition coefficient (Wildman–Crippen LogP) is 3.29. The van der Waals surface area contributed by atoms with E-state index in [1.54, 1.807) is 31.2 Å². The van der Waals surface area contributed by atoms with E-state index in [1.807, 2.05) is 6.92 Å². The molecule has 0 aliphatic carbocycles. The molecule has 1 rings (SSSR count). The molecule has 0 heterocycles. The van der Waals surface area contributed by atoms with Crippen molar-refractivity contribution in [1.29, 1.82) is 0 Å². The van der Waals surface area contributed by atoms with Gasteiger partial charge < -0.3 is 10.2 Å².